The lowest BCUT2D eigenvalue weighted by atomic mass is 9.97. The molecule has 2 heterocycles. The number of pyridine rings is 1. The summed E-state index contributed by atoms with van der Waals surface area (Å²) in [4.78, 5) is 12.2. The van der Waals surface area contributed by atoms with Gasteiger partial charge in [0, 0.05) is 11.6 Å². The normalized spacial score (nSPS) is 16.4. The highest BCUT2D eigenvalue weighted by atomic mass is 16.3. The van der Waals surface area contributed by atoms with Crippen molar-refractivity contribution in [1.29, 1.82) is 0 Å². The van der Waals surface area contributed by atoms with Crippen LogP contribution in [0.1, 0.15) is 18.4 Å². The molecule has 0 saturated heterocycles. The number of nitrogens with zero attached hydrogens (tertiary/aromatic N) is 2. The van der Waals surface area contributed by atoms with Crippen molar-refractivity contribution in [2.45, 2.75) is 18.3 Å². The second-order valence-corrected chi connectivity index (χ2v) is 5.47. The Kier molecular flexibility index (Phi) is 2.41. The molecule has 1 aliphatic carbocycles. The molecule has 0 unspecified atom stereocenters. The number of aliphatic hydroxyl groups excluding tert-OH is 1. The first kappa shape index (κ1) is 11.6. The summed E-state index contributed by atoms with van der Waals surface area (Å²) in [5, 5.41) is 9.53. The van der Waals surface area contributed by atoms with E-state index < -0.39 is 0 Å². The maximum Gasteiger partial charge on any atom is 0.157 e. The lowest BCUT2D eigenvalue weighted by molar-refractivity contribution is 0.255. The van der Waals surface area contributed by atoms with E-state index in [0.29, 0.717) is 0 Å². The zero-order valence-electron chi connectivity index (χ0n) is 11.0. The number of aliphatic hydroxyl groups is 1. The number of hydrogen-bond donors (Lipinski definition) is 2. The highest BCUT2D eigenvalue weighted by Gasteiger charge is 2.43. The van der Waals surface area contributed by atoms with Crippen LogP contribution in [-0.2, 0) is 5.41 Å². The quantitative estimate of drug-likeness (QED) is 0.765. The van der Waals surface area contributed by atoms with Crippen molar-refractivity contribution in [1.82, 2.24) is 15.0 Å². The number of aromatic nitrogens is 3. The average Bonchev–Trinajstić information content (AvgIpc) is 3.20. The molecule has 3 aromatic rings. The summed E-state index contributed by atoms with van der Waals surface area (Å²) in [6.07, 6.45) is 3.89. The molecule has 0 amide bonds. The van der Waals surface area contributed by atoms with Gasteiger partial charge in [-0.1, -0.05) is 12.1 Å². The van der Waals surface area contributed by atoms with E-state index in [-0.39, 0.29) is 12.0 Å². The molecule has 4 nitrogen and oxygen atoms in total. The van der Waals surface area contributed by atoms with E-state index in [1.54, 1.807) is 6.20 Å². The molecule has 0 radical (unpaired) electrons. The fourth-order valence-corrected chi connectivity index (χ4v) is 2.65. The van der Waals surface area contributed by atoms with E-state index in [1.165, 1.54) is 5.56 Å². The minimum absolute atomic E-state index is 0.00946. The molecule has 4 rings (SSSR count). The van der Waals surface area contributed by atoms with Gasteiger partial charge in [0.2, 0.25) is 0 Å². The molecule has 1 aliphatic rings. The van der Waals surface area contributed by atoms with Crippen molar-refractivity contribution < 1.29 is 5.11 Å². The van der Waals surface area contributed by atoms with Crippen LogP contribution in [0, 0.1) is 0 Å². The fourth-order valence-electron chi connectivity index (χ4n) is 2.65. The van der Waals surface area contributed by atoms with Crippen LogP contribution in [0.25, 0.3) is 22.6 Å². The van der Waals surface area contributed by atoms with Gasteiger partial charge in [0.05, 0.1) is 17.6 Å². The number of nitrogens with one attached hydrogen (secondary N) is 1. The number of H-pyrrole nitrogens is 1. The number of fused-ring (bicyclic) bond motifs is 1. The summed E-state index contributed by atoms with van der Waals surface area (Å²) >= 11 is 0. The number of aromatic amines is 1. The summed E-state index contributed by atoms with van der Waals surface area (Å²) < 4.78 is 0. The third kappa shape index (κ3) is 1.72. The van der Waals surface area contributed by atoms with E-state index in [2.05, 4.69) is 27.1 Å². The SMILES string of the molecule is OCC1(c2ccc3nc(-c4ccccn4)[nH]c3c2)CC1. The lowest BCUT2D eigenvalue weighted by Crippen LogP contribution is -2.11. The molecule has 2 aromatic heterocycles. The van der Waals surface area contributed by atoms with Crippen LogP contribution in [0.15, 0.2) is 42.6 Å². The third-order valence-electron chi connectivity index (χ3n) is 4.16. The van der Waals surface area contributed by atoms with E-state index in [1.807, 2.05) is 24.3 Å². The van der Waals surface area contributed by atoms with Crippen LogP contribution in [0.4, 0.5) is 0 Å². The maximum absolute atomic E-state index is 9.53. The van der Waals surface area contributed by atoms with Crippen LogP contribution in [0.3, 0.4) is 0 Å². The predicted molar refractivity (Wildman–Crippen MR) is 77.3 cm³/mol. The number of benzene rings is 1. The molecule has 1 saturated carbocycles. The number of hydrogen-bond acceptors (Lipinski definition) is 3. The Labute approximate surface area is 116 Å². The second-order valence-electron chi connectivity index (χ2n) is 5.47. The number of imidazole rings is 1. The van der Waals surface area contributed by atoms with Gasteiger partial charge >= 0.3 is 0 Å². The summed E-state index contributed by atoms with van der Waals surface area (Å²) in [6, 6.07) is 12.0. The highest BCUT2D eigenvalue weighted by molar-refractivity contribution is 5.79. The first-order chi connectivity index (χ1) is 9.81. The van der Waals surface area contributed by atoms with Gasteiger partial charge in [-0.15, -0.1) is 0 Å². The zero-order chi connectivity index (χ0) is 13.6. The average molecular weight is 265 g/mol. The van der Waals surface area contributed by atoms with Gasteiger partial charge in [0.15, 0.2) is 5.82 Å². The molecule has 4 heteroatoms. The lowest BCUT2D eigenvalue weighted by Gasteiger charge is -2.11. The van der Waals surface area contributed by atoms with Gasteiger partial charge in [-0.05, 0) is 42.7 Å². The molecule has 0 aliphatic heterocycles. The molecule has 0 spiro atoms. The molecular formula is C16H15N3O. The smallest absolute Gasteiger partial charge is 0.157 e. The van der Waals surface area contributed by atoms with Crippen LogP contribution in [0.2, 0.25) is 0 Å². The monoisotopic (exact) mass is 265 g/mol. The molecule has 100 valence electrons. The van der Waals surface area contributed by atoms with Crippen molar-refractivity contribution >= 4 is 11.0 Å². The summed E-state index contributed by atoms with van der Waals surface area (Å²) in [6.45, 7) is 0.222. The Bertz CT molecular complexity index is 760. The third-order valence-corrected chi connectivity index (χ3v) is 4.16. The van der Waals surface area contributed by atoms with Crippen molar-refractivity contribution in [3.63, 3.8) is 0 Å². The Balaban J connectivity index is 1.80. The Morgan fingerprint density at radius 1 is 1.20 bits per heavy atom. The standard InChI is InChI=1S/C16H15N3O/c20-10-16(6-7-16)11-4-5-12-14(9-11)19-15(18-12)13-3-1-2-8-17-13/h1-5,8-9,20H,6-7,10H2,(H,18,19). The van der Waals surface area contributed by atoms with E-state index in [9.17, 15) is 5.11 Å². The van der Waals surface area contributed by atoms with Gasteiger partial charge in [0.1, 0.15) is 5.69 Å². The van der Waals surface area contributed by atoms with Crippen molar-refractivity contribution in [2.75, 3.05) is 6.61 Å². The van der Waals surface area contributed by atoms with E-state index in [4.69, 9.17) is 0 Å². The van der Waals surface area contributed by atoms with Crippen LogP contribution < -0.4 is 0 Å². The van der Waals surface area contributed by atoms with Crippen molar-refractivity contribution in [2.24, 2.45) is 0 Å². The largest absolute Gasteiger partial charge is 0.395 e. The molecule has 20 heavy (non-hydrogen) atoms. The van der Waals surface area contributed by atoms with Crippen LogP contribution in [0.5, 0.6) is 0 Å². The minimum Gasteiger partial charge on any atom is -0.395 e. The van der Waals surface area contributed by atoms with Gasteiger partial charge in [0.25, 0.3) is 0 Å². The Morgan fingerprint density at radius 3 is 2.80 bits per heavy atom. The Morgan fingerprint density at radius 2 is 2.10 bits per heavy atom. The summed E-state index contributed by atoms with van der Waals surface area (Å²) in [5.41, 5.74) is 3.97. The van der Waals surface area contributed by atoms with Gasteiger partial charge < -0.3 is 10.1 Å². The van der Waals surface area contributed by atoms with Gasteiger partial charge in [-0.2, -0.15) is 0 Å². The van der Waals surface area contributed by atoms with Crippen molar-refractivity contribution in [3.05, 3.63) is 48.2 Å². The molecule has 1 fully saturated rings. The highest BCUT2D eigenvalue weighted by Crippen LogP contribution is 2.48. The summed E-state index contributed by atoms with van der Waals surface area (Å²) in [5.74, 6) is 0.784. The maximum atomic E-state index is 9.53. The second kappa shape index (κ2) is 4.15. The van der Waals surface area contributed by atoms with Crippen LogP contribution in [-0.4, -0.2) is 26.7 Å². The summed E-state index contributed by atoms with van der Waals surface area (Å²) in [7, 11) is 0. The van der Waals surface area contributed by atoms with Crippen molar-refractivity contribution in [3.8, 4) is 11.5 Å². The molecule has 0 bridgehead atoms. The molecular weight excluding hydrogens is 250 g/mol. The minimum atomic E-state index is -0.00946. The van der Waals surface area contributed by atoms with E-state index in [0.717, 1.165) is 35.4 Å². The first-order valence-electron chi connectivity index (χ1n) is 6.83. The first-order valence-corrected chi connectivity index (χ1v) is 6.83. The van der Waals surface area contributed by atoms with E-state index >= 15 is 0 Å². The molecule has 1 aromatic carbocycles. The molecule has 0 atom stereocenters. The van der Waals surface area contributed by atoms with Gasteiger partial charge in [-0.25, -0.2) is 4.98 Å². The van der Waals surface area contributed by atoms with Crippen LogP contribution >= 0.6 is 0 Å². The fraction of sp³-hybridized carbons (Fsp3) is 0.250. The number of rotatable bonds is 3. The zero-order valence-corrected chi connectivity index (χ0v) is 11.0. The predicted octanol–water partition coefficient (Wildman–Crippen LogP) is 2.65. The Hall–Kier alpha value is -2.20. The molecule has 2 N–H and O–H groups in total. The van der Waals surface area contributed by atoms with Gasteiger partial charge in [-0.3, -0.25) is 4.98 Å². The topological polar surface area (TPSA) is 61.8 Å².